The summed E-state index contributed by atoms with van der Waals surface area (Å²) in [6.45, 7) is 6.84. The van der Waals surface area contributed by atoms with Crippen LogP contribution in [-0.2, 0) is 11.2 Å². The van der Waals surface area contributed by atoms with Crippen molar-refractivity contribution in [1.29, 1.82) is 0 Å². The molecule has 1 atom stereocenters. The standard InChI is InChI=1S/C17H26N2O2/c1-13(2)11-19(12-15-7-5-9-18-15)17(21)10-14-6-3-4-8-16(14)20/h3-4,6,8,13,15,18,20H,5,7,9-12H2,1-2H3. The minimum absolute atomic E-state index is 0.0962. The Morgan fingerprint density at radius 3 is 2.81 bits per heavy atom. The summed E-state index contributed by atoms with van der Waals surface area (Å²) in [5.41, 5.74) is 0.704. The van der Waals surface area contributed by atoms with Gasteiger partial charge in [-0.15, -0.1) is 0 Å². The lowest BCUT2D eigenvalue weighted by Crippen LogP contribution is -2.43. The molecule has 21 heavy (non-hydrogen) atoms. The van der Waals surface area contributed by atoms with Crippen molar-refractivity contribution >= 4 is 5.91 Å². The molecule has 0 aromatic heterocycles. The number of aromatic hydroxyl groups is 1. The van der Waals surface area contributed by atoms with E-state index in [9.17, 15) is 9.90 Å². The SMILES string of the molecule is CC(C)CN(CC1CCCN1)C(=O)Cc1ccccc1O. The number of nitrogens with zero attached hydrogens (tertiary/aromatic N) is 1. The first kappa shape index (κ1) is 15.8. The van der Waals surface area contributed by atoms with Crippen LogP contribution >= 0.6 is 0 Å². The molecule has 4 nitrogen and oxygen atoms in total. The number of carbonyl (C=O) groups excluding carboxylic acids is 1. The monoisotopic (exact) mass is 290 g/mol. The van der Waals surface area contributed by atoms with E-state index in [1.807, 2.05) is 17.0 Å². The van der Waals surface area contributed by atoms with Crippen molar-refractivity contribution in [3.05, 3.63) is 29.8 Å². The highest BCUT2D eigenvalue weighted by Gasteiger charge is 2.22. The van der Waals surface area contributed by atoms with Gasteiger partial charge in [-0.2, -0.15) is 0 Å². The highest BCUT2D eigenvalue weighted by atomic mass is 16.3. The van der Waals surface area contributed by atoms with Gasteiger partial charge in [0.2, 0.25) is 5.91 Å². The summed E-state index contributed by atoms with van der Waals surface area (Å²) in [5.74, 6) is 0.743. The van der Waals surface area contributed by atoms with Gasteiger partial charge in [-0.05, 0) is 31.4 Å². The number of benzene rings is 1. The van der Waals surface area contributed by atoms with Crippen molar-refractivity contribution < 1.29 is 9.90 Å². The Morgan fingerprint density at radius 2 is 2.19 bits per heavy atom. The second kappa shape index (κ2) is 7.46. The van der Waals surface area contributed by atoms with Crippen molar-refractivity contribution in [3.63, 3.8) is 0 Å². The molecule has 1 aliphatic rings. The van der Waals surface area contributed by atoms with Gasteiger partial charge in [0.15, 0.2) is 0 Å². The van der Waals surface area contributed by atoms with Crippen molar-refractivity contribution in [2.45, 2.75) is 39.2 Å². The fraction of sp³-hybridized carbons (Fsp3) is 0.588. The van der Waals surface area contributed by atoms with Gasteiger partial charge >= 0.3 is 0 Å². The predicted molar refractivity (Wildman–Crippen MR) is 84.3 cm³/mol. The maximum Gasteiger partial charge on any atom is 0.227 e. The van der Waals surface area contributed by atoms with Crippen molar-refractivity contribution in [3.8, 4) is 5.75 Å². The smallest absolute Gasteiger partial charge is 0.227 e. The Morgan fingerprint density at radius 1 is 1.43 bits per heavy atom. The molecular weight excluding hydrogens is 264 g/mol. The molecule has 0 spiro atoms. The average Bonchev–Trinajstić information content (AvgIpc) is 2.93. The van der Waals surface area contributed by atoms with E-state index in [1.165, 1.54) is 6.42 Å². The molecule has 4 heteroatoms. The molecule has 2 rings (SSSR count). The zero-order valence-electron chi connectivity index (χ0n) is 13.0. The summed E-state index contributed by atoms with van der Waals surface area (Å²) >= 11 is 0. The first-order valence-corrected chi connectivity index (χ1v) is 7.84. The number of hydrogen-bond acceptors (Lipinski definition) is 3. The van der Waals surface area contributed by atoms with E-state index in [0.29, 0.717) is 17.5 Å². The fourth-order valence-electron chi connectivity index (χ4n) is 2.83. The lowest BCUT2D eigenvalue weighted by atomic mass is 10.1. The number of carbonyl (C=O) groups is 1. The number of phenolic OH excluding ortho intramolecular Hbond substituents is 1. The summed E-state index contributed by atoms with van der Waals surface area (Å²) in [5, 5.41) is 13.3. The van der Waals surface area contributed by atoms with E-state index < -0.39 is 0 Å². The molecule has 2 N–H and O–H groups in total. The van der Waals surface area contributed by atoms with E-state index in [2.05, 4.69) is 19.2 Å². The van der Waals surface area contributed by atoms with Gasteiger partial charge in [-0.25, -0.2) is 0 Å². The molecular formula is C17H26N2O2. The Bertz CT molecular complexity index is 468. The summed E-state index contributed by atoms with van der Waals surface area (Å²) in [6, 6.07) is 7.49. The predicted octanol–water partition coefficient (Wildman–Crippen LogP) is 2.17. The van der Waals surface area contributed by atoms with Crippen LogP contribution in [0.2, 0.25) is 0 Å². The molecule has 1 heterocycles. The molecule has 0 saturated carbocycles. The second-order valence-electron chi connectivity index (χ2n) is 6.29. The normalized spacial score (nSPS) is 18.1. The lowest BCUT2D eigenvalue weighted by molar-refractivity contribution is -0.131. The van der Waals surface area contributed by atoms with Crippen LogP contribution in [-0.4, -0.2) is 41.6 Å². The third kappa shape index (κ3) is 4.74. The first-order chi connectivity index (χ1) is 10.1. The third-order valence-corrected chi connectivity index (χ3v) is 3.87. The van der Waals surface area contributed by atoms with E-state index in [0.717, 1.165) is 26.1 Å². The molecule has 1 saturated heterocycles. The Labute approximate surface area is 127 Å². The number of rotatable bonds is 6. The van der Waals surface area contributed by atoms with Crippen molar-refractivity contribution in [1.82, 2.24) is 10.2 Å². The summed E-state index contributed by atoms with van der Waals surface area (Å²) in [4.78, 5) is 14.5. The van der Waals surface area contributed by atoms with Crippen LogP contribution in [0.15, 0.2) is 24.3 Å². The highest BCUT2D eigenvalue weighted by molar-refractivity contribution is 5.79. The van der Waals surface area contributed by atoms with Gasteiger partial charge in [-0.1, -0.05) is 32.0 Å². The van der Waals surface area contributed by atoms with Crippen LogP contribution in [0.5, 0.6) is 5.75 Å². The molecule has 1 fully saturated rings. The average molecular weight is 290 g/mol. The van der Waals surface area contributed by atoms with Gasteiger partial charge in [0.05, 0.1) is 6.42 Å². The molecule has 1 aromatic rings. The minimum atomic E-state index is 0.0962. The van der Waals surface area contributed by atoms with E-state index in [-0.39, 0.29) is 18.1 Å². The van der Waals surface area contributed by atoms with E-state index >= 15 is 0 Å². The molecule has 1 amide bonds. The summed E-state index contributed by atoms with van der Waals surface area (Å²) in [6.07, 6.45) is 2.60. The van der Waals surface area contributed by atoms with Crippen LogP contribution in [0, 0.1) is 5.92 Å². The van der Waals surface area contributed by atoms with Crippen LogP contribution < -0.4 is 5.32 Å². The van der Waals surface area contributed by atoms with Crippen molar-refractivity contribution in [2.24, 2.45) is 5.92 Å². The van der Waals surface area contributed by atoms with Gasteiger partial charge in [0.1, 0.15) is 5.75 Å². The number of para-hydroxylation sites is 1. The third-order valence-electron chi connectivity index (χ3n) is 3.87. The largest absolute Gasteiger partial charge is 0.508 e. The van der Waals surface area contributed by atoms with Crippen molar-refractivity contribution in [2.75, 3.05) is 19.6 Å². The first-order valence-electron chi connectivity index (χ1n) is 7.84. The Hall–Kier alpha value is -1.55. The molecule has 0 radical (unpaired) electrons. The fourth-order valence-corrected chi connectivity index (χ4v) is 2.83. The topological polar surface area (TPSA) is 52.6 Å². The summed E-state index contributed by atoms with van der Waals surface area (Å²) < 4.78 is 0. The van der Waals surface area contributed by atoms with E-state index in [4.69, 9.17) is 0 Å². The molecule has 0 bridgehead atoms. The second-order valence-corrected chi connectivity index (χ2v) is 6.29. The molecule has 1 aromatic carbocycles. The van der Waals surface area contributed by atoms with Crippen LogP contribution in [0.1, 0.15) is 32.3 Å². The number of amides is 1. The zero-order chi connectivity index (χ0) is 15.2. The highest BCUT2D eigenvalue weighted by Crippen LogP contribution is 2.18. The number of nitrogens with one attached hydrogen (secondary N) is 1. The lowest BCUT2D eigenvalue weighted by Gasteiger charge is -2.27. The van der Waals surface area contributed by atoms with Gasteiger partial charge < -0.3 is 15.3 Å². The Balaban J connectivity index is 2.01. The number of phenols is 1. The zero-order valence-corrected chi connectivity index (χ0v) is 13.0. The van der Waals surface area contributed by atoms with Crippen LogP contribution in [0.25, 0.3) is 0 Å². The molecule has 1 unspecified atom stereocenters. The van der Waals surface area contributed by atoms with Crippen LogP contribution in [0.4, 0.5) is 0 Å². The maximum atomic E-state index is 12.6. The molecule has 1 aliphatic heterocycles. The van der Waals surface area contributed by atoms with Gasteiger partial charge in [0, 0.05) is 24.7 Å². The number of hydrogen-bond donors (Lipinski definition) is 2. The molecule has 0 aliphatic carbocycles. The Kier molecular flexibility index (Phi) is 5.62. The van der Waals surface area contributed by atoms with E-state index in [1.54, 1.807) is 12.1 Å². The van der Waals surface area contributed by atoms with Gasteiger partial charge in [-0.3, -0.25) is 4.79 Å². The van der Waals surface area contributed by atoms with Gasteiger partial charge in [0.25, 0.3) is 0 Å². The summed E-state index contributed by atoms with van der Waals surface area (Å²) in [7, 11) is 0. The maximum absolute atomic E-state index is 12.6. The molecule has 116 valence electrons. The quantitative estimate of drug-likeness (QED) is 0.844. The van der Waals surface area contributed by atoms with Crippen LogP contribution in [0.3, 0.4) is 0 Å². The minimum Gasteiger partial charge on any atom is -0.508 e.